The molecule has 1 aromatic rings. The summed E-state index contributed by atoms with van der Waals surface area (Å²) in [4.78, 5) is 11.6. The Hall–Kier alpha value is -1.55. The highest BCUT2D eigenvalue weighted by Crippen LogP contribution is 2.11. The third-order valence-corrected chi connectivity index (χ3v) is 2.54. The van der Waals surface area contributed by atoms with Gasteiger partial charge in [-0.2, -0.15) is 0 Å². The molecule has 0 saturated heterocycles. The second kappa shape index (κ2) is 5.68. The number of hydrogen-bond acceptors (Lipinski definition) is 3. The smallest absolute Gasteiger partial charge is 0.224 e. The van der Waals surface area contributed by atoms with Crippen molar-refractivity contribution in [3.8, 4) is 0 Å². The molecule has 0 aromatic heterocycles. The number of nitrogens with two attached hydrogens (primary N) is 1. The van der Waals surface area contributed by atoms with Gasteiger partial charge in [-0.05, 0) is 17.7 Å². The molecule has 0 aliphatic heterocycles. The maximum absolute atomic E-state index is 11.6. The van der Waals surface area contributed by atoms with E-state index in [1.165, 1.54) is 0 Å². The first-order valence-electron chi connectivity index (χ1n) is 5.65. The number of rotatable bonds is 5. The normalized spacial score (nSPS) is 11.2. The second-order valence-electron chi connectivity index (χ2n) is 5.02. The molecule has 0 bridgehead atoms. The Morgan fingerprint density at radius 2 is 1.94 bits per heavy atom. The minimum Gasteiger partial charge on any atom is -0.399 e. The van der Waals surface area contributed by atoms with Gasteiger partial charge in [0.15, 0.2) is 0 Å². The van der Waals surface area contributed by atoms with Crippen LogP contribution in [0.5, 0.6) is 0 Å². The lowest BCUT2D eigenvalue weighted by molar-refractivity contribution is -0.121. The zero-order valence-electron chi connectivity index (χ0n) is 10.4. The Balaban J connectivity index is 2.42. The van der Waals surface area contributed by atoms with Gasteiger partial charge in [0.05, 0.1) is 6.42 Å². The predicted molar refractivity (Wildman–Crippen MR) is 68.4 cm³/mol. The molecule has 4 N–H and O–H groups in total. The fraction of sp³-hybridized carbons (Fsp3) is 0.462. The van der Waals surface area contributed by atoms with Gasteiger partial charge in [0.2, 0.25) is 5.91 Å². The lowest BCUT2D eigenvalue weighted by Gasteiger charge is -2.21. The van der Waals surface area contributed by atoms with E-state index in [0.717, 1.165) is 5.56 Å². The van der Waals surface area contributed by atoms with Crippen LogP contribution in [0.4, 0.5) is 5.69 Å². The van der Waals surface area contributed by atoms with Crippen LogP contribution in [0.25, 0.3) is 0 Å². The zero-order chi connectivity index (χ0) is 12.9. The molecule has 4 heteroatoms. The number of nitrogen functional groups attached to an aromatic ring is 1. The van der Waals surface area contributed by atoms with E-state index in [4.69, 9.17) is 10.8 Å². The summed E-state index contributed by atoms with van der Waals surface area (Å²) in [5.41, 5.74) is 6.90. The van der Waals surface area contributed by atoms with Gasteiger partial charge in [-0.3, -0.25) is 4.79 Å². The highest BCUT2D eigenvalue weighted by Gasteiger charge is 2.17. The number of carbonyl (C=O) groups is 1. The third kappa shape index (κ3) is 4.87. The SMILES string of the molecule is CC(C)(CO)CNC(=O)Cc1ccc(N)cc1. The van der Waals surface area contributed by atoms with Gasteiger partial charge >= 0.3 is 0 Å². The minimum absolute atomic E-state index is 0.0451. The third-order valence-electron chi connectivity index (χ3n) is 2.54. The summed E-state index contributed by atoms with van der Waals surface area (Å²) in [5, 5.41) is 11.9. The Bertz CT molecular complexity index is 372. The van der Waals surface area contributed by atoms with E-state index >= 15 is 0 Å². The Labute approximate surface area is 102 Å². The largest absolute Gasteiger partial charge is 0.399 e. The molecule has 0 aliphatic carbocycles. The van der Waals surface area contributed by atoms with Gasteiger partial charge in [0, 0.05) is 24.3 Å². The molecule has 0 saturated carbocycles. The maximum atomic E-state index is 11.6. The van der Waals surface area contributed by atoms with Gasteiger partial charge < -0.3 is 16.2 Å². The van der Waals surface area contributed by atoms with Crippen LogP contribution in [-0.4, -0.2) is 24.2 Å². The number of anilines is 1. The van der Waals surface area contributed by atoms with Crippen molar-refractivity contribution in [2.24, 2.45) is 5.41 Å². The molecule has 0 fully saturated rings. The van der Waals surface area contributed by atoms with Crippen molar-refractivity contribution in [3.63, 3.8) is 0 Å². The Kier molecular flexibility index (Phi) is 4.52. The number of aliphatic hydroxyl groups excluding tert-OH is 1. The average Bonchev–Trinajstić information content (AvgIpc) is 2.30. The van der Waals surface area contributed by atoms with Crippen LogP contribution in [0.2, 0.25) is 0 Å². The predicted octanol–water partition coefficient (Wildman–Crippen LogP) is 0.946. The van der Waals surface area contributed by atoms with E-state index in [0.29, 0.717) is 18.7 Å². The van der Waals surface area contributed by atoms with E-state index in [9.17, 15) is 4.79 Å². The molecule has 0 aliphatic rings. The van der Waals surface area contributed by atoms with Crippen molar-refractivity contribution in [1.82, 2.24) is 5.32 Å². The van der Waals surface area contributed by atoms with Crippen LogP contribution in [0.3, 0.4) is 0 Å². The quantitative estimate of drug-likeness (QED) is 0.666. The van der Waals surface area contributed by atoms with E-state index in [1.54, 1.807) is 12.1 Å². The van der Waals surface area contributed by atoms with E-state index in [2.05, 4.69) is 5.32 Å². The van der Waals surface area contributed by atoms with Crippen LogP contribution in [0, 0.1) is 5.41 Å². The molecular formula is C13H20N2O2. The van der Waals surface area contributed by atoms with Crippen LogP contribution in [0.15, 0.2) is 24.3 Å². The molecule has 0 spiro atoms. The van der Waals surface area contributed by atoms with E-state index in [1.807, 2.05) is 26.0 Å². The number of benzene rings is 1. The van der Waals surface area contributed by atoms with Crippen molar-refractivity contribution in [3.05, 3.63) is 29.8 Å². The first-order valence-corrected chi connectivity index (χ1v) is 5.65. The van der Waals surface area contributed by atoms with Crippen LogP contribution < -0.4 is 11.1 Å². The number of carbonyl (C=O) groups excluding carboxylic acids is 1. The summed E-state index contributed by atoms with van der Waals surface area (Å²) < 4.78 is 0. The van der Waals surface area contributed by atoms with Gasteiger partial charge in [0.25, 0.3) is 0 Å². The molecule has 0 heterocycles. The molecule has 1 amide bonds. The van der Waals surface area contributed by atoms with Crippen molar-refractivity contribution in [1.29, 1.82) is 0 Å². The Morgan fingerprint density at radius 1 is 1.35 bits per heavy atom. The number of hydrogen-bond donors (Lipinski definition) is 3. The van der Waals surface area contributed by atoms with Gasteiger partial charge in [-0.15, -0.1) is 0 Å². The second-order valence-corrected chi connectivity index (χ2v) is 5.02. The van der Waals surface area contributed by atoms with Gasteiger partial charge in [-0.1, -0.05) is 26.0 Å². The van der Waals surface area contributed by atoms with Crippen LogP contribution in [-0.2, 0) is 11.2 Å². The molecule has 1 rings (SSSR count). The molecule has 17 heavy (non-hydrogen) atoms. The molecule has 1 aromatic carbocycles. The molecule has 4 nitrogen and oxygen atoms in total. The first-order chi connectivity index (χ1) is 7.93. The fourth-order valence-electron chi connectivity index (χ4n) is 1.28. The van der Waals surface area contributed by atoms with Gasteiger partial charge in [-0.25, -0.2) is 0 Å². The molecular weight excluding hydrogens is 216 g/mol. The van der Waals surface area contributed by atoms with Crippen LogP contribution >= 0.6 is 0 Å². The average molecular weight is 236 g/mol. The fourth-order valence-corrected chi connectivity index (χ4v) is 1.28. The summed E-state index contributed by atoms with van der Waals surface area (Å²) in [7, 11) is 0. The van der Waals surface area contributed by atoms with Crippen molar-refractivity contribution in [2.45, 2.75) is 20.3 Å². The minimum atomic E-state index is -0.281. The lowest BCUT2D eigenvalue weighted by atomic mass is 9.95. The van der Waals surface area contributed by atoms with Crippen LogP contribution in [0.1, 0.15) is 19.4 Å². The number of nitrogens with one attached hydrogen (secondary N) is 1. The van der Waals surface area contributed by atoms with Crippen molar-refractivity contribution < 1.29 is 9.90 Å². The summed E-state index contributed by atoms with van der Waals surface area (Å²) in [6.07, 6.45) is 0.335. The molecule has 0 atom stereocenters. The topological polar surface area (TPSA) is 75.3 Å². The summed E-state index contributed by atoms with van der Waals surface area (Å²) >= 11 is 0. The zero-order valence-corrected chi connectivity index (χ0v) is 10.4. The summed E-state index contributed by atoms with van der Waals surface area (Å²) in [6, 6.07) is 7.23. The van der Waals surface area contributed by atoms with Gasteiger partial charge in [0.1, 0.15) is 0 Å². The summed E-state index contributed by atoms with van der Waals surface area (Å²) in [6.45, 7) is 4.32. The van der Waals surface area contributed by atoms with Crippen molar-refractivity contribution >= 4 is 11.6 Å². The molecule has 0 unspecified atom stereocenters. The van der Waals surface area contributed by atoms with E-state index < -0.39 is 0 Å². The maximum Gasteiger partial charge on any atom is 0.224 e. The Morgan fingerprint density at radius 3 is 2.47 bits per heavy atom. The standard InChI is InChI=1S/C13H20N2O2/c1-13(2,9-16)8-15-12(17)7-10-3-5-11(14)6-4-10/h3-6,16H,7-9,14H2,1-2H3,(H,15,17). The molecule has 94 valence electrons. The first kappa shape index (κ1) is 13.5. The number of amides is 1. The molecule has 0 radical (unpaired) electrons. The lowest BCUT2D eigenvalue weighted by Crippen LogP contribution is -2.36. The highest BCUT2D eigenvalue weighted by atomic mass is 16.3. The highest BCUT2D eigenvalue weighted by molar-refractivity contribution is 5.78. The monoisotopic (exact) mass is 236 g/mol. The number of aliphatic hydroxyl groups is 1. The van der Waals surface area contributed by atoms with Crippen molar-refractivity contribution in [2.75, 3.05) is 18.9 Å². The summed E-state index contributed by atoms with van der Waals surface area (Å²) in [5.74, 6) is -0.0451. The van der Waals surface area contributed by atoms with E-state index in [-0.39, 0.29) is 17.9 Å².